The van der Waals surface area contributed by atoms with Gasteiger partial charge in [0.05, 0.1) is 45.0 Å². The number of benzene rings is 2. The average molecular weight is 577 g/mol. The minimum absolute atomic E-state index is 0.0157. The number of fused-ring (bicyclic) bond motifs is 1. The van der Waals surface area contributed by atoms with Gasteiger partial charge in [0, 0.05) is 34.7 Å². The minimum atomic E-state index is -3.77. The standard InChI is InChI=1S/C23H24N6O6S3/c1-5-37(30,31)25-12-16-11-24-29(14-16)13-15-9-17-21(20(10-15)35-4)23(27-26-17)28-38(32,36)22-18(33-2)7-6-8-19(22)34-3/h1,6-11,14,25H,12-13H2,2-4H3,(H2,26,27,28). The van der Waals surface area contributed by atoms with Gasteiger partial charge < -0.3 is 14.2 Å². The molecule has 0 amide bonds. The van der Waals surface area contributed by atoms with Crippen molar-refractivity contribution in [1.29, 1.82) is 0 Å². The molecule has 15 heteroatoms. The van der Waals surface area contributed by atoms with Gasteiger partial charge in [-0.3, -0.25) is 14.5 Å². The number of H-pyrrole nitrogens is 1. The number of rotatable bonds is 11. The Morgan fingerprint density at radius 1 is 1.08 bits per heavy atom. The maximum Gasteiger partial charge on any atom is 0.280 e. The molecule has 2 aromatic heterocycles. The molecule has 0 aliphatic heterocycles. The molecule has 4 aromatic rings. The number of hydrogen-bond donors (Lipinski definition) is 3. The van der Waals surface area contributed by atoms with E-state index in [0.717, 1.165) is 5.56 Å². The zero-order valence-corrected chi connectivity index (χ0v) is 23.0. The van der Waals surface area contributed by atoms with E-state index in [0.29, 0.717) is 40.3 Å². The Hall–Kier alpha value is -3.84. The summed E-state index contributed by atoms with van der Waals surface area (Å²) in [6, 6.07) is 8.63. The molecule has 4 rings (SSSR count). The first kappa shape index (κ1) is 27.2. The second-order valence-corrected chi connectivity index (χ2v) is 12.4. The Labute approximate surface area is 224 Å². The summed E-state index contributed by atoms with van der Waals surface area (Å²) in [5.41, 5.74) is 2.05. The number of anilines is 1. The highest BCUT2D eigenvalue weighted by Crippen LogP contribution is 2.37. The van der Waals surface area contributed by atoms with Crippen molar-refractivity contribution in [3.8, 4) is 28.9 Å². The molecule has 200 valence electrons. The molecule has 2 heterocycles. The van der Waals surface area contributed by atoms with Crippen molar-refractivity contribution in [2.24, 2.45) is 0 Å². The van der Waals surface area contributed by atoms with E-state index in [1.165, 1.54) is 21.3 Å². The normalized spacial score (nSPS) is 13.0. The maximum absolute atomic E-state index is 13.7. The molecule has 0 aliphatic carbocycles. The van der Waals surface area contributed by atoms with E-state index in [1.807, 2.05) is 6.07 Å². The SMILES string of the molecule is C#CS(=O)(=O)NCc1cnn(Cc2cc(OC)c3c(NS(=O)(=S)c4c(OC)cccc4OC)n[nH]c3c2)c1. The van der Waals surface area contributed by atoms with Crippen molar-refractivity contribution in [1.82, 2.24) is 24.7 Å². The number of aromatic nitrogens is 4. The highest BCUT2D eigenvalue weighted by molar-refractivity contribution is 8.33. The largest absolute Gasteiger partial charge is 0.496 e. The predicted molar refractivity (Wildman–Crippen MR) is 146 cm³/mol. The molecule has 2 aromatic carbocycles. The molecule has 0 saturated carbocycles. The molecule has 1 atom stereocenters. The van der Waals surface area contributed by atoms with Gasteiger partial charge in [0.2, 0.25) is 0 Å². The Bertz CT molecular complexity index is 1720. The molecule has 0 fully saturated rings. The smallest absolute Gasteiger partial charge is 0.280 e. The lowest BCUT2D eigenvalue weighted by Crippen LogP contribution is -2.20. The molecule has 1 unspecified atom stereocenters. The predicted octanol–water partition coefficient (Wildman–Crippen LogP) is 1.98. The monoisotopic (exact) mass is 576 g/mol. The number of nitrogens with one attached hydrogen (secondary N) is 3. The summed E-state index contributed by atoms with van der Waals surface area (Å²) < 4.78 is 59.7. The number of aromatic amines is 1. The Kier molecular flexibility index (Phi) is 7.78. The van der Waals surface area contributed by atoms with E-state index in [1.54, 1.807) is 46.6 Å². The molecule has 0 bridgehead atoms. The van der Waals surface area contributed by atoms with Crippen LogP contribution < -0.4 is 23.7 Å². The second-order valence-electron chi connectivity index (χ2n) is 7.88. The third-order valence-electron chi connectivity index (χ3n) is 5.44. The van der Waals surface area contributed by atoms with Crippen LogP contribution in [0.2, 0.25) is 0 Å². The summed E-state index contributed by atoms with van der Waals surface area (Å²) in [5.74, 6) is 1.33. The first-order valence-corrected chi connectivity index (χ1v) is 14.8. The topological polar surface area (TPSA) is 149 Å². The first-order valence-electron chi connectivity index (χ1n) is 10.9. The summed E-state index contributed by atoms with van der Waals surface area (Å²) in [6.45, 7) is 0.369. The van der Waals surface area contributed by atoms with Crippen molar-refractivity contribution in [2.45, 2.75) is 18.0 Å². The summed E-state index contributed by atoms with van der Waals surface area (Å²) in [5, 5.41) is 13.7. The fourth-order valence-corrected chi connectivity index (χ4v) is 6.26. The number of sulfonamides is 1. The van der Waals surface area contributed by atoms with Crippen LogP contribution in [0, 0.1) is 11.7 Å². The molecule has 0 saturated heterocycles. The first-order chi connectivity index (χ1) is 18.1. The average Bonchev–Trinajstić information content (AvgIpc) is 3.53. The maximum atomic E-state index is 13.7. The van der Waals surface area contributed by atoms with Crippen LogP contribution in [0.15, 0.2) is 47.6 Å². The van der Waals surface area contributed by atoms with Gasteiger partial charge in [-0.25, -0.2) is 8.93 Å². The minimum Gasteiger partial charge on any atom is -0.496 e. The van der Waals surface area contributed by atoms with Crippen LogP contribution >= 0.6 is 0 Å². The quantitative estimate of drug-likeness (QED) is 0.228. The third kappa shape index (κ3) is 5.68. The van der Waals surface area contributed by atoms with Gasteiger partial charge in [0.1, 0.15) is 30.8 Å². The molecule has 0 spiro atoms. The fraction of sp³-hybridized carbons (Fsp3) is 0.217. The van der Waals surface area contributed by atoms with Crippen molar-refractivity contribution >= 4 is 46.6 Å². The number of methoxy groups -OCH3 is 3. The molecular formula is C23H24N6O6S3. The van der Waals surface area contributed by atoms with E-state index < -0.39 is 18.7 Å². The zero-order valence-electron chi connectivity index (χ0n) is 20.5. The molecule has 0 aliphatic rings. The lowest BCUT2D eigenvalue weighted by Gasteiger charge is -2.16. The van der Waals surface area contributed by atoms with E-state index >= 15 is 0 Å². The molecule has 0 radical (unpaired) electrons. The van der Waals surface area contributed by atoms with E-state index in [2.05, 4.69) is 24.7 Å². The number of ether oxygens (including phenoxy) is 3. The summed E-state index contributed by atoms with van der Waals surface area (Å²) in [7, 11) is -2.70. The van der Waals surface area contributed by atoms with E-state index in [-0.39, 0.29) is 17.3 Å². The molecule has 38 heavy (non-hydrogen) atoms. The fourth-order valence-electron chi connectivity index (χ4n) is 3.75. The highest BCUT2D eigenvalue weighted by atomic mass is 32.8. The number of terminal acetylenes is 1. The van der Waals surface area contributed by atoms with Gasteiger partial charge in [-0.15, -0.1) is 6.42 Å². The van der Waals surface area contributed by atoms with Gasteiger partial charge in [0.25, 0.3) is 10.0 Å². The zero-order chi connectivity index (χ0) is 27.5. The third-order valence-corrected chi connectivity index (χ3v) is 8.43. The van der Waals surface area contributed by atoms with Crippen LogP contribution in [0.5, 0.6) is 17.2 Å². The van der Waals surface area contributed by atoms with Crippen molar-refractivity contribution < 1.29 is 26.8 Å². The summed E-state index contributed by atoms with van der Waals surface area (Å²) >= 11 is 5.47. The summed E-state index contributed by atoms with van der Waals surface area (Å²) in [4.78, 5) is 0.200. The van der Waals surface area contributed by atoms with Crippen molar-refractivity contribution in [2.75, 3.05) is 26.1 Å². The highest BCUT2D eigenvalue weighted by Gasteiger charge is 2.24. The van der Waals surface area contributed by atoms with Gasteiger partial charge in [0.15, 0.2) is 5.82 Å². The van der Waals surface area contributed by atoms with Gasteiger partial charge in [-0.05, 0) is 29.8 Å². The summed E-state index contributed by atoms with van der Waals surface area (Å²) in [6.07, 6.45) is 8.20. The van der Waals surface area contributed by atoms with E-state index in [4.69, 9.17) is 31.8 Å². The Morgan fingerprint density at radius 2 is 1.76 bits per heavy atom. The van der Waals surface area contributed by atoms with Crippen LogP contribution in [-0.2, 0) is 43.0 Å². The number of hydrogen-bond acceptors (Lipinski definition) is 9. The van der Waals surface area contributed by atoms with Crippen molar-refractivity contribution in [3.63, 3.8) is 0 Å². The molecule has 3 N–H and O–H groups in total. The van der Waals surface area contributed by atoms with Crippen molar-refractivity contribution in [3.05, 3.63) is 53.9 Å². The van der Waals surface area contributed by atoms with Crippen LogP contribution in [0.4, 0.5) is 5.82 Å². The van der Waals surface area contributed by atoms with Crippen LogP contribution in [0.3, 0.4) is 0 Å². The van der Waals surface area contributed by atoms with E-state index in [9.17, 15) is 12.6 Å². The Morgan fingerprint density at radius 3 is 2.39 bits per heavy atom. The lowest BCUT2D eigenvalue weighted by molar-refractivity contribution is 0.375. The second kappa shape index (κ2) is 10.9. The lowest BCUT2D eigenvalue weighted by atomic mass is 10.1. The van der Waals surface area contributed by atoms with Crippen LogP contribution in [0.25, 0.3) is 10.9 Å². The van der Waals surface area contributed by atoms with Gasteiger partial charge in [-0.2, -0.15) is 18.6 Å². The van der Waals surface area contributed by atoms with Crippen LogP contribution in [0.1, 0.15) is 11.1 Å². The van der Waals surface area contributed by atoms with Gasteiger partial charge >= 0.3 is 0 Å². The number of nitrogens with zero attached hydrogens (tertiary/aromatic N) is 3. The van der Waals surface area contributed by atoms with Crippen LogP contribution in [-0.4, -0.2) is 53.9 Å². The Balaban J connectivity index is 1.62. The molecule has 12 nitrogen and oxygen atoms in total. The van der Waals surface area contributed by atoms with Gasteiger partial charge in [-0.1, -0.05) is 6.07 Å². The molecular weight excluding hydrogens is 552 g/mol.